The van der Waals surface area contributed by atoms with Crippen LogP contribution in [0.4, 0.5) is 11.4 Å². The second-order valence-corrected chi connectivity index (χ2v) is 5.25. The van der Waals surface area contributed by atoms with E-state index >= 15 is 0 Å². The van der Waals surface area contributed by atoms with Crippen LogP contribution in [0.3, 0.4) is 0 Å². The standard InChI is InChI=1S/C19H22N2O/c1-5-22-15(4)16-7-6-8-18(11-16)21-12-17-10-13(2)9-14(3)19(17)20/h6-12H,4-5,20H2,1-3H3/b21-12+. The Morgan fingerprint density at radius 1 is 1.27 bits per heavy atom. The van der Waals surface area contributed by atoms with Gasteiger partial charge in [-0.3, -0.25) is 4.99 Å². The second kappa shape index (κ2) is 6.94. The molecule has 2 N–H and O–H groups in total. The van der Waals surface area contributed by atoms with E-state index in [1.807, 2.05) is 44.2 Å². The first-order chi connectivity index (χ1) is 10.5. The van der Waals surface area contributed by atoms with Crippen LogP contribution >= 0.6 is 0 Å². The summed E-state index contributed by atoms with van der Waals surface area (Å²) < 4.78 is 5.43. The Bertz CT molecular complexity index is 717. The van der Waals surface area contributed by atoms with Gasteiger partial charge >= 0.3 is 0 Å². The summed E-state index contributed by atoms with van der Waals surface area (Å²) in [5, 5.41) is 0. The molecule has 0 aliphatic heterocycles. The molecule has 0 aliphatic rings. The van der Waals surface area contributed by atoms with Crippen LogP contribution in [0.15, 0.2) is 48.0 Å². The van der Waals surface area contributed by atoms with Crippen LogP contribution in [0.1, 0.15) is 29.2 Å². The highest BCUT2D eigenvalue weighted by Crippen LogP contribution is 2.22. The second-order valence-electron chi connectivity index (χ2n) is 5.25. The number of anilines is 1. The van der Waals surface area contributed by atoms with E-state index in [2.05, 4.69) is 24.6 Å². The maximum Gasteiger partial charge on any atom is 0.119 e. The quantitative estimate of drug-likeness (QED) is 0.496. The summed E-state index contributed by atoms with van der Waals surface area (Å²) in [7, 11) is 0. The molecule has 0 amide bonds. The molecule has 0 saturated carbocycles. The maximum atomic E-state index is 6.11. The van der Waals surface area contributed by atoms with Gasteiger partial charge in [-0.1, -0.05) is 30.3 Å². The molecule has 114 valence electrons. The van der Waals surface area contributed by atoms with Crippen LogP contribution in [0.2, 0.25) is 0 Å². The molecule has 0 radical (unpaired) electrons. The molecule has 0 bridgehead atoms. The molecule has 0 atom stereocenters. The minimum absolute atomic E-state index is 0.603. The predicted molar refractivity (Wildman–Crippen MR) is 94.7 cm³/mol. The third kappa shape index (κ3) is 3.76. The van der Waals surface area contributed by atoms with Crippen LogP contribution in [0.5, 0.6) is 0 Å². The van der Waals surface area contributed by atoms with Gasteiger partial charge in [-0.15, -0.1) is 0 Å². The van der Waals surface area contributed by atoms with Gasteiger partial charge in [0.1, 0.15) is 5.76 Å². The summed E-state index contributed by atoms with van der Waals surface area (Å²) in [6.45, 7) is 10.5. The Kier molecular flexibility index (Phi) is 4.99. The largest absolute Gasteiger partial charge is 0.494 e. The molecule has 0 aromatic heterocycles. The van der Waals surface area contributed by atoms with Crippen LogP contribution < -0.4 is 5.73 Å². The van der Waals surface area contributed by atoms with Gasteiger partial charge in [0.25, 0.3) is 0 Å². The highest BCUT2D eigenvalue weighted by atomic mass is 16.5. The lowest BCUT2D eigenvalue weighted by molar-refractivity contribution is 0.299. The number of hydrogen-bond acceptors (Lipinski definition) is 3. The molecule has 2 aromatic rings. The first-order valence-electron chi connectivity index (χ1n) is 7.34. The number of ether oxygens (including phenoxy) is 1. The summed E-state index contributed by atoms with van der Waals surface area (Å²) in [5.41, 5.74) is 11.8. The molecule has 3 nitrogen and oxygen atoms in total. The lowest BCUT2D eigenvalue weighted by Gasteiger charge is -2.08. The molecule has 0 spiro atoms. The maximum absolute atomic E-state index is 6.11. The van der Waals surface area contributed by atoms with Gasteiger partial charge in [0, 0.05) is 23.0 Å². The first kappa shape index (κ1) is 15.8. The van der Waals surface area contributed by atoms with Crippen molar-refractivity contribution in [2.75, 3.05) is 12.3 Å². The van der Waals surface area contributed by atoms with Crippen molar-refractivity contribution in [2.45, 2.75) is 20.8 Å². The fourth-order valence-corrected chi connectivity index (χ4v) is 2.28. The van der Waals surface area contributed by atoms with Gasteiger partial charge in [0.2, 0.25) is 0 Å². The number of aryl methyl sites for hydroxylation is 2. The lowest BCUT2D eigenvalue weighted by atomic mass is 10.1. The van der Waals surface area contributed by atoms with Crippen molar-refractivity contribution in [3.63, 3.8) is 0 Å². The van der Waals surface area contributed by atoms with Gasteiger partial charge in [-0.05, 0) is 44.5 Å². The van der Waals surface area contributed by atoms with E-state index in [1.165, 1.54) is 5.56 Å². The van der Waals surface area contributed by atoms with Crippen LogP contribution in [0, 0.1) is 13.8 Å². The minimum Gasteiger partial charge on any atom is -0.494 e. The Labute approximate surface area is 132 Å². The van der Waals surface area contributed by atoms with Crippen molar-refractivity contribution in [1.29, 1.82) is 0 Å². The molecule has 2 rings (SSSR count). The van der Waals surface area contributed by atoms with Crippen LogP contribution in [-0.2, 0) is 4.74 Å². The van der Waals surface area contributed by atoms with E-state index in [1.54, 1.807) is 6.21 Å². The van der Waals surface area contributed by atoms with Gasteiger partial charge < -0.3 is 10.5 Å². The predicted octanol–water partition coefficient (Wildman–Crippen LogP) is 4.64. The van der Waals surface area contributed by atoms with E-state index < -0.39 is 0 Å². The van der Waals surface area contributed by atoms with Gasteiger partial charge in [0.05, 0.1) is 12.3 Å². The molecule has 3 heteroatoms. The van der Waals surface area contributed by atoms with Gasteiger partial charge in [0.15, 0.2) is 0 Å². The zero-order valence-corrected chi connectivity index (χ0v) is 13.4. The Morgan fingerprint density at radius 2 is 2.05 bits per heavy atom. The third-order valence-corrected chi connectivity index (χ3v) is 3.40. The number of hydrogen-bond donors (Lipinski definition) is 1. The SMILES string of the molecule is C=C(OCC)c1cccc(/N=C/c2cc(C)cc(C)c2N)c1. The fourth-order valence-electron chi connectivity index (χ4n) is 2.28. The molecule has 0 aliphatic carbocycles. The lowest BCUT2D eigenvalue weighted by Crippen LogP contribution is -1.97. The number of nitrogens with zero attached hydrogens (tertiary/aromatic N) is 1. The van der Waals surface area contributed by atoms with Crippen molar-refractivity contribution >= 4 is 23.3 Å². The van der Waals surface area contributed by atoms with Crippen molar-refractivity contribution in [1.82, 2.24) is 0 Å². The van der Waals surface area contributed by atoms with E-state index in [4.69, 9.17) is 10.5 Å². The summed E-state index contributed by atoms with van der Waals surface area (Å²) in [5.74, 6) is 0.658. The van der Waals surface area contributed by atoms with E-state index in [9.17, 15) is 0 Å². The fraction of sp³-hybridized carbons (Fsp3) is 0.211. The average molecular weight is 294 g/mol. The Balaban J connectivity index is 2.27. The molecule has 0 saturated heterocycles. The first-order valence-corrected chi connectivity index (χ1v) is 7.34. The molecular weight excluding hydrogens is 272 g/mol. The number of nitrogen functional groups attached to an aromatic ring is 1. The molecule has 22 heavy (non-hydrogen) atoms. The normalized spacial score (nSPS) is 10.9. The number of aliphatic imine (C=N–C) groups is 1. The van der Waals surface area contributed by atoms with Crippen molar-refractivity contribution in [3.8, 4) is 0 Å². The third-order valence-electron chi connectivity index (χ3n) is 3.40. The minimum atomic E-state index is 0.603. The topological polar surface area (TPSA) is 47.6 Å². The summed E-state index contributed by atoms with van der Waals surface area (Å²) in [4.78, 5) is 4.52. The molecule has 2 aromatic carbocycles. The van der Waals surface area contributed by atoms with E-state index in [0.717, 1.165) is 28.1 Å². The zero-order chi connectivity index (χ0) is 16.1. The van der Waals surface area contributed by atoms with E-state index in [0.29, 0.717) is 12.4 Å². The number of rotatable bonds is 5. The smallest absolute Gasteiger partial charge is 0.119 e. The Hall–Kier alpha value is -2.55. The molecule has 0 unspecified atom stereocenters. The average Bonchev–Trinajstić information content (AvgIpc) is 2.50. The van der Waals surface area contributed by atoms with E-state index in [-0.39, 0.29) is 0 Å². The zero-order valence-electron chi connectivity index (χ0n) is 13.4. The van der Waals surface area contributed by atoms with Crippen LogP contribution in [0.25, 0.3) is 5.76 Å². The van der Waals surface area contributed by atoms with Crippen molar-refractivity contribution in [3.05, 3.63) is 65.2 Å². The molecule has 0 fully saturated rings. The van der Waals surface area contributed by atoms with Gasteiger partial charge in [-0.2, -0.15) is 0 Å². The van der Waals surface area contributed by atoms with Crippen molar-refractivity contribution in [2.24, 2.45) is 4.99 Å². The Morgan fingerprint density at radius 3 is 2.77 bits per heavy atom. The summed E-state index contributed by atoms with van der Waals surface area (Å²) in [6.07, 6.45) is 1.80. The number of nitrogens with two attached hydrogens (primary N) is 1. The van der Waals surface area contributed by atoms with Gasteiger partial charge in [-0.25, -0.2) is 0 Å². The highest BCUT2D eigenvalue weighted by Gasteiger charge is 2.02. The molecular formula is C19H22N2O. The number of benzene rings is 2. The van der Waals surface area contributed by atoms with Crippen molar-refractivity contribution < 1.29 is 4.74 Å². The molecule has 0 heterocycles. The van der Waals surface area contributed by atoms with Crippen LogP contribution in [-0.4, -0.2) is 12.8 Å². The monoisotopic (exact) mass is 294 g/mol. The summed E-state index contributed by atoms with van der Waals surface area (Å²) in [6, 6.07) is 11.9. The summed E-state index contributed by atoms with van der Waals surface area (Å²) >= 11 is 0. The highest BCUT2D eigenvalue weighted by molar-refractivity contribution is 5.90.